The Morgan fingerprint density at radius 1 is 1.32 bits per heavy atom. The van der Waals surface area contributed by atoms with Gasteiger partial charge < -0.3 is 15.4 Å². The lowest BCUT2D eigenvalue weighted by Crippen LogP contribution is -2.42. The minimum Gasteiger partial charge on any atom is -0.481 e. The molecule has 0 radical (unpaired) electrons. The van der Waals surface area contributed by atoms with Crippen molar-refractivity contribution in [2.24, 2.45) is 5.92 Å². The number of aliphatic carboxylic acids is 1. The zero-order valence-electron chi connectivity index (χ0n) is 10.5. The molecule has 2 rings (SSSR count). The van der Waals surface area contributed by atoms with Gasteiger partial charge in [0.2, 0.25) is 0 Å². The summed E-state index contributed by atoms with van der Waals surface area (Å²) in [5.74, 6) is -1.55. The fourth-order valence-electron chi connectivity index (χ4n) is 2.52. The molecule has 2 atom stereocenters. The highest BCUT2D eigenvalue weighted by Crippen LogP contribution is 2.24. The number of H-pyrrole nitrogens is 1. The summed E-state index contributed by atoms with van der Waals surface area (Å²) < 4.78 is 0.799. The van der Waals surface area contributed by atoms with Gasteiger partial charge in [-0.25, -0.2) is 0 Å². The number of halogens is 1. The van der Waals surface area contributed by atoms with Crippen LogP contribution in [0, 0.1) is 5.92 Å². The second-order valence-corrected chi connectivity index (χ2v) is 5.81. The van der Waals surface area contributed by atoms with E-state index in [0.717, 1.165) is 30.2 Å². The molecule has 1 heterocycles. The largest absolute Gasteiger partial charge is 0.481 e. The molecule has 5 nitrogen and oxygen atoms in total. The second kappa shape index (κ2) is 6.23. The topological polar surface area (TPSA) is 82.2 Å². The molecule has 3 N–H and O–H groups in total. The van der Waals surface area contributed by atoms with Crippen LogP contribution in [0.15, 0.2) is 16.7 Å². The van der Waals surface area contributed by atoms with Gasteiger partial charge in [0.15, 0.2) is 0 Å². The number of hydrogen-bond acceptors (Lipinski definition) is 2. The summed E-state index contributed by atoms with van der Waals surface area (Å²) in [6.45, 7) is 0. The average Bonchev–Trinajstić information content (AvgIpc) is 2.65. The molecule has 0 saturated heterocycles. The molecule has 0 aromatic carbocycles. The van der Waals surface area contributed by atoms with Crippen molar-refractivity contribution in [1.82, 2.24) is 10.3 Å². The lowest BCUT2D eigenvalue weighted by molar-refractivity contribution is -0.142. The number of aromatic amines is 1. The standard InChI is InChI=1S/C13H17BrN2O3/c14-8-6-11(15-7-8)12(17)16-10-5-3-1-2-4-9(10)13(18)19/h6-7,9-10,15H,1-5H2,(H,16,17)(H,18,19). The third-order valence-electron chi connectivity index (χ3n) is 3.54. The number of rotatable bonds is 3. The van der Waals surface area contributed by atoms with E-state index >= 15 is 0 Å². The first-order valence-corrected chi connectivity index (χ1v) is 7.25. The van der Waals surface area contributed by atoms with Crippen LogP contribution in [0.5, 0.6) is 0 Å². The molecule has 6 heteroatoms. The number of carboxylic acid groups (broad SMARTS) is 1. The van der Waals surface area contributed by atoms with E-state index in [9.17, 15) is 14.7 Å². The third-order valence-corrected chi connectivity index (χ3v) is 4.00. The van der Waals surface area contributed by atoms with Crippen LogP contribution < -0.4 is 5.32 Å². The second-order valence-electron chi connectivity index (χ2n) is 4.89. The Morgan fingerprint density at radius 3 is 2.68 bits per heavy atom. The van der Waals surface area contributed by atoms with Crippen molar-refractivity contribution in [1.29, 1.82) is 0 Å². The van der Waals surface area contributed by atoms with E-state index in [2.05, 4.69) is 26.2 Å². The fourth-order valence-corrected chi connectivity index (χ4v) is 2.86. The molecular formula is C13H17BrN2O3. The predicted octanol–water partition coefficient (Wildman–Crippen LogP) is 2.54. The van der Waals surface area contributed by atoms with Crippen LogP contribution in [0.3, 0.4) is 0 Å². The Kier molecular flexibility index (Phi) is 4.63. The normalized spacial score (nSPS) is 23.6. The number of nitrogens with one attached hydrogen (secondary N) is 2. The summed E-state index contributed by atoms with van der Waals surface area (Å²) in [6.07, 6.45) is 5.95. The van der Waals surface area contributed by atoms with E-state index in [1.54, 1.807) is 12.3 Å². The quantitative estimate of drug-likeness (QED) is 0.745. The summed E-state index contributed by atoms with van der Waals surface area (Å²) in [6, 6.07) is 1.40. The van der Waals surface area contributed by atoms with Crippen LogP contribution >= 0.6 is 15.9 Å². The van der Waals surface area contributed by atoms with Gasteiger partial charge in [-0.15, -0.1) is 0 Å². The van der Waals surface area contributed by atoms with Gasteiger partial charge in [0.25, 0.3) is 5.91 Å². The van der Waals surface area contributed by atoms with E-state index < -0.39 is 11.9 Å². The first kappa shape index (κ1) is 14.1. The Bertz CT molecular complexity index is 472. The first-order valence-electron chi connectivity index (χ1n) is 6.45. The molecule has 1 saturated carbocycles. The molecule has 104 valence electrons. The number of carbonyl (C=O) groups is 2. The highest BCUT2D eigenvalue weighted by atomic mass is 79.9. The molecule has 1 aromatic rings. The third kappa shape index (κ3) is 3.59. The van der Waals surface area contributed by atoms with Gasteiger partial charge in [0.05, 0.1) is 5.92 Å². The lowest BCUT2D eigenvalue weighted by Gasteiger charge is -2.22. The number of hydrogen-bond donors (Lipinski definition) is 3. The molecule has 0 spiro atoms. The van der Waals surface area contributed by atoms with Crippen molar-refractivity contribution in [3.63, 3.8) is 0 Å². The fraction of sp³-hybridized carbons (Fsp3) is 0.538. The van der Waals surface area contributed by atoms with Crippen LogP contribution in [-0.2, 0) is 4.79 Å². The summed E-state index contributed by atoms with van der Waals surface area (Å²) >= 11 is 3.27. The molecule has 0 bridgehead atoms. The van der Waals surface area contributed by atoms with E-state index in [1.807, 2.05) is 0 Å². The van der Waals surface area contributed by atoms with Crippen molar-refractivity contribution < 1.29 is 14.7 Å². The van der Waals surface area contributed by atoms with Crippen molar-refractivity contribution in [2.75, 3.05) is 0 Å². The molecular weight excluding hydrogens is 312 g/mol. The molecule has 2 unspecified atom stereocenters. The van der Waals surface area contributed by atoms with Crippen LogP contribution in [0.4, 0.5) is 0 Å². The van der Waals surface area contributed by atoms with E-state index in [1.165, 1.54) is 0 Å². The average molecular weight is 329 g/mol. The monoisotopic (exact) mass is 328 g/mol. The van der Waals surface area contributed by atoms with Gasteiger partial charge in [-0.05, 0) is 34.8 Å². The van der Waals surface area contributed by atoms with Gasteiger partial charge in [-0.1, -0.05) is 19.3 Å². The molecule has 19 heavy (non-hydrogen) atoms. The van der Waals surface area contributed by atoms with Crippen LogP contribution in [0.1, 0.15) is 42.6 Å². The number of amides is 1. The number of carboxylic acids is 1. The predicted molar refractivity (Wildman–Crippen MR) is 74.0 cm³/mol. The van der Waals surface area contributed by atoms with Crippen LogP contribution in [0.25, 0.3) is 0 Å². The molecule has 1 aliphatic rings. The van der Waals surface area contributed by atoms with Crippen molar-refractivity contribution in [3.8, 4) is 0 Å². The lowest BCUT2D eigenvalue weighted by atomic mass is 9.95. The zero-order valence-corrected chi connectivity index (χ0v) is 12.1. The summed E-state index contributed by atoms with van der Waals surface area (Å²) in [7, 11) is 0. The molecule has 1 amide bonds. The van der Waals surface area contributed by atoms with Crippen LogP contribution in [0.2, 0.25) is 0 Å². The molecule has 1 aromatic heterocycles. The maximum atomic E-state index is 12.1. The highest BCUT2D eigenvalue weighted by molar-refractivity contribution is 9.10. The van der Waals surface area contributed by atoms with Crippen LogP contribution in [-0.4, -0.2) is 28.0 Å². The van der Waals surface area contributed by atoms with Crippen molar-refractivity contribution >= 4 is 27.8 Å². The van der Waals surface area contributed by atoms with Gasteiger partial charge in [0, 0.05) is 16.7 Å². The first-order chi connectivity index (χ1) is 9.08. The van der Waals surface area contributed by atoms with Gasteiger partial charge in [-0.2, -0.15) is 0 Å². The summed E-state index contributed by atoms with van der Waals surface area (Å²) in [5.41, 5.74) is 0.445. The van der Waals surface area contributed by atoms with Gasteiger partial charge >= 0.3 is 5.97 Å². The Balaban J connectivity index is 2.06. The number of carbonyl (C=O) groups excluding carboxylic acids is 1. The number of aromatic nitrogens is 1. The highest BCUT2D eigenvalue weighted by Gasteiger charge is 2.30. The summed E-state index contributed by atoms with van der Waals surface area (Å²) in [5, 5.41) is 12.1. The smallest absolute Gasteiger partial charge is 0.308 e. The Hall–Kier alpha value is -1.30. The van der Waals surface area contributed by atoms with E-state index in [4.69, 9.17) is 0 Å². The minimum atomic E-state index is -0.820. The zero-order chi connectivity index (χ0) is 13.8. The SMILES string of the molecule is O=C(NC1CCCCCC1C(=O)O)c1cc(Br)c[nH]1. The maximum absolute atomic E-state index is 12.1. The van der Waals surface area contributed by atoms with Gasteiger partial charge in [-0.3, -0.25) is 9.59 Å². The maximum Gasteiger partial charge on any atom is 0.308 e. The van der Waals surface area contributed by atoms with Crippen molar-refractivity contribution in [3.05, 3.63) is 22.4 Å². The van der Waals surface area contributed by atoms with E-state index in [-0.39, 0.29) is 11.9 Å². The Labute approximate surface area is 119 Å². The minimum absolute atomic E-state index is 0.246. The Morgan fingerprint density at radius 2 is 2.05 bits per heavy atom. The van der Waals surface area contributed by atoms with Gasteiger partial charge in [0.1, 0.15) is 5.69 Å². The molecule has 1 fully saturated rings. The summed E-state index contributed by atoms with van der Waals surface area (Å²) in [4.78, 5) is 26.2. The van der Waals surface area contributed by atoms with Crippen molar-refractivity contribution in [2.45, 2.75) is 38.1 Å². The van der Waals surface area contributed by atoms with E-state index in [0.29, 0.717) is 12.1 Å². The molecule has 1 aliphatic carbocycles. The molecule has 0 aliphatic heterocycles.